The lowest BCUT2D eigenvalue weighted by atomic mass is 10.2. The predicted octanol–water partition coefficient (Wildman–Crippen LogP) is 2.86. The van der Waals surface area contributed by atoms with Gasteiger partial charge in [-0.3, -0.25) is 0 Å². The molecule has 0 aliphatic rings. The van der Waals surface area contributed by atoms with Crippen LogP contribution in [0.4, 0.5) is 0 Å². The average Bonchev–Trinajstić information content (AvgIpc) is 3.01. The van der Waals surface area contributed by atoms with Crippen molar-refractivity contribution >= 4 is 17.2 Å². The van der Waals surface area contributed by atoms with Gasteiger partial charge in [0.25, 0.3) is 0 Å². The highest BCUT2D eigenvalue weighted by Crippen LogP contribution is 2.28. The number of benzene rings is 1. The number of hydrogen-bond acceptors (Lipinski definition) is 5. The van der Waals surface area contributed by atoms with Crippen LogP contribution < -0.4 is 15.2 Å². The van der Waals surface area contributed by atoms with Crippen molar-refractivity contribution in [3.05, 3.63) is 46.2 Å². The molecule has 0 bridgehead atoms. The number of oxime groups is 1. The Morgan fingerprint density at radius 3 is 2.81 bits per heavy atom. The SMILES string of the molecule is CCOc1cc(C(N)=NO)ccc1OCCc1ccsc1. The number of nitrogens with zero attached hydrogens (tertiary/aromatic N) is 1. The quantitative estimate of drug-likeness (QED) is 0.357. The van der Waals surface area contributed by atoms with E-state index in [1.165, 1.54) is 5.56 Å². The van der Waals surface area contributed by atoms with Gasteiger partial charge in [0.2, 0.25) is 0 Å². The van der Waals surface area contributed by atoms with E-state index in [9.17, 15) is 0 Å². The third kappa shape index (κ3) is 4.13. The second kappa shape index (κ2) is 7.54. The fraction of sp³-hybridized carbons (Fsp3) is 0.267. The largest absolute Gasteiger partial charge is 0.490 e. The van der Waals surface area contributed by atoms with Crippen LogP contribution in [0.1, 0.15) is 18.1 Å². The standard InChI is InChI=1S/C15H18N2O3S/c1-2-19-14-9-12(15(16)17-18)3-4-13(14)20-7-5-11-6-8-21-10-11/h3-4,6,8-10,18H,2,5,7H2,1H3,(H2,16,17). The van der Waals surface area contributed by atoms with E-state index in [4.69, 9.17) is 20.4 Å². The number of rotatable bonds is 7. The van der Waals surface area contributed by atoms with Crippen LogP contribution >= 0.6 is 11.3 Å². The summed E-state index contributed by atoms with van der Waals surface area (Å²) in [7, 11) is 0. The van der Waals surface area contributed by atoms with Gasteiger partial charge in [-0.2, -0.15) is 11.3 Å². The molecule has 0 saturated heterocycles. The molecule has 0 unspecified atom stereocenters. The molecule has 0 aliphatic carbocycles. The molecule has 2 rings (SSSR count). The normalized spacial score (nSPS) is 11.4. The van der Waals surface area contributed by atoms with Gasteiger partial charge in [0.05, 0.1) is 13.2 Å². The molecule has 1 aromatic carbocycles. The van der Waals surface area contributed by atoms with Crippen molar-refractivity contribution in [2.45, 2.75) is 13.3 Å². The fourth-order valence-electron chi connectivity index (χ4n) is 1.83. The zero-order valence-corrected chi connectivity index (χ0v) is 12.6. The molecule has 1 heterocycles. The molecule has 0 atom stereocenters. The van der Waals surface area contributed by atoms with E-state index in [1.54, 1.807) is 29.5 Å². The first-order valence-electron chi connectivity index (χ1n) is 6.63. The minimum Gasteiger partial charge on any atom is -0.490 e. The maximum absolute atomic E-state index is 8.72. The molecule has 0 spiro atoms. The van der Waals surface area contributed by atoms with E-state index >= 15 is 0 Å². The second-order valence-corrected chi connectivity index (χ2v) is 5.09. The Hall–Kier alpha value is -2.21. The van der Waals surface area contributed by atoms with Gasteiger partial charge >= 0.3 is 0 Å². The highest BCUT2D eigenvalue weighted by Gasteiger charge is 2.09. The van der Waals surface area contributed by atoms with Gasteiger partial charge in [0.15, 0.2) is 17.3 Å². The van der Waals surface area contributed by atoms with Crippen LogP contribution in [0.3, 0.4) is 0 Å². The molecule has 112 valence electrons. The molecule has 0 fully saturated rings. The molecular weight excluding hydrogens is 288 g/mol. The topological polar surface area (TPSA) is 77.1 Å². The summed E-state index contributed by atoms with van der Waals surface area (Å²) < 4.78 is 11.3. The van der Waals surface area contributed by atoms with Crippen molar-refractivity contribution in [1.29, 1.82) is 0 Å². The van der Waals surface area contributed by atoms with Gasteiger partial charge in [0.1, 0.15) is 0 Å². The number of ether oxygens (including phenoxy) is 2. The first-order chi connectivity index (χ1) is 10.2. The molecule has 1 aromatic heterocycles. The van der Waals surface area contributed by atoms with Gasteiger partial charge in [-0.1, -0.05) is 5.16 Å². The van der Waals surface area contributed by atoms with Gasteiger partial charge in [-0.05, 0) is 47.5 Å². The molecule has 0 saturated carbocycles. The lowest BCUT2D eigenvalue weighted by Crippen LogP contribution is -2.13. The first kappa shape index (κ1) is 15.2. The molecule has 6 heteroatoms. The van der Waals surface area contributed by atoms with Crippen LogP contribution in [0.15, 0.2) is 40.2 Å². The molecular formula is C15H18N2O3S. The van der Waals surface area contributed by atoms with Crippen molar-refractivity contribution in [3.8, 4) is 11.5 Å². The third-order valence-electron chi connectivity index (χ3n) is 2.88. The van der Waals surface area contributed by atoms with Crippen molar-refractivity contribution in [3.63, 3.8) is 0 Å². The summed E-state index contributed by atoms with van der Waals surface area (Å²) in [5.74, 6) is 1.29. The summed E-state index contributed by atoms with van der Waals surface area (Å²) in [6, 6.07) is 7.29. The Bertz CT molecular complexity index is 597. The Labute approximate surface area is 127 Å². The Balaban J connectivity index is 2.06. The van der Waals surface area contributed by atoms with Crippen LogP contribution in [0.25, 0.3) is 0 Å². The lowest BCUT2D eigenvalue weighted by molar-refractivity contribution is 0.279. The number of thiophene rings is 1. The average molecular weight is 306 g/mol. The molecule has 0 radical (unpaired) electrons. The minimum atomic E-state index is 0.0424. The van der Waals surface area contributed by atoms with Crippen LogP contribution in [0, 0.1) is 0 Å². The summed E-state index contributed by atoms with van der Waals surface area (Å²) >= 11 is 1.67. The van der Waals surface area contributed by atoms with E-state index in [0.717, 1.165) is 6.42 Å². The zero-order valence-electron chi connectivity index (χ0n) is 11.8. The zero-order chi connectivity index (χ0) is 15.1. The Morgan fingerprint density at radius 2 is 2.14 bits per heavy atom. The summed E-state index contributed by atoms with van der Waals surface area (Å²) in [4.78, 5) is 0. The predicted molar refractivity (Wildman–Crippen MR) is 83.6 cm³/mol. The van der Waals surface area contributed by atoms with Crippen molar-refractivity contribution < 1.29 is 14.7 Å². The molecule has 0 amide bonds. The summed E-state index contributed by atoms with van der Waals surface area (Å²) in [5, 5.41) is 15.9. The van der Waals surface area contributed by atoms with Crippen LogP contribution in [-0.2, 0) is 6.42 Å². The van der Waals surface area contributed by atoms with Crippen molar-refractivity contribution in [1.82, 2.24) is 0 Å². The van der Waals surface area contributed by atoms with Gasteiger partial charge < -0.3 is 20.4 Å². The maximum atomic E-state index is 8.72. The monoisotopic (exact) mass is 306 g/mol. The second-order valence-electron chi connectivity index (χ2n) is 4.31. The molecule has 2 aromatic rings. The van der Waals surface area contributed by atoms with Crippen molar-refractivity contribution in [2.24, 2.45) is 10.9 Å². The third-order valence-corrected chi connectivity index (χ3v) is 3.61. The molecule has 0 aliphatic heterocycles. The van der Waals surface area contributed by atoms with Gasteiger partial charge in [-0.15, -0.1) is 0 Å². The van der Waals surface area contributed by atoms with Crippen molar-refractivity contribution in [2.75, 3.05) is 13.2 Å². The maximum Gasteiger partial charge on any atom is 0.170 e. The highest BCUT2D eigenvalue weighted by atomic mass is 32.1. The Kier molecular flexibility index (Phi) is 5.45. The van der Waals surface area contributed by atoms with Gasteiger partial charge in [0, 0.05) is 12.0 Å². The minimum absolute atomic E-state index is 0.0424. The highest BCUT2D eigenvalue weighted by molar-refractivity contribution is 7.07. The fourth-order valence-corrected chi connectivity index (χ4v) is 2.53. The summed E-state index contributed by atoms with van der Waals surface area (Å²) in [6.45, 7) is 2.98. The van der Waals surface area contributed by atoms with E-state index < -0.39 is 0 Å². The van der Waals surface area contributed by atoms with E-state index in [1.807, 2.05) is 12.3 Å². The smallest absolute Gasteiger partial charge is 0.170 e. The van der Waals surface area contributed by atoms with Crippen LogP contribution in [0.2, 0.25) is 0 Å². The summed E-state index contributed by atoms with van der Waals surface area (Å²) in [6.07, 6.45) is 0.844. The first-order valence-corrected chi connectivity index (χ1v) is 7.57. The molecule has 21 heavy (non-hydrogen) atoms. The van der Waals surface area contributed by atoms with Gasteiger partial charge in [-0.25, -0.2) is 0 Å². The van der Waals surface area contributed by atoms with E-state index in [2.05, 4.69) is 16.6 Å². The van der Waals surface area contributed by atoms with E-state index in [0.29, 0.717) is 30.3 Å². The van der Waals surface area contributed by atoms with Crippen LogP contribution in [-0.4, -0.2) is 24.3 Å². The number of amidine groups is 1. The van der Waals surface area contributed by atoms with E-state index in [-0.39, 0.29) is 5.84 Å². The lowest BCUT2D eigenvalue weighted by Gasteiger charge is -2.13. The molecule has 3 N–H and O–H groups in total. The Morgan fingerprint density at radius 1 is 1.29 bits per heavy atom. The number of hydrogen-bond donors (Lipinski definition) is 2. The van der Waals surface area contributed by atoms with Crippen LogP contribution in [0.5, 0.6) is 11.5 Å². The molecule has 5 nitrogen and oxygen atoms in total. The number of nitrogens with two attached hydrogens (primary N) is 1. The summed E-state index contributed by atoms with van der Waals surface area (Å²) in [5.41, 5.74) is 7.42.